The van der Waals surface area contributed by atoms with Crippen LogP contribution >= 0.6 is 0 Å². The Morgan fingerprint density at radius 3 is 2.51 bits per heavy atom. The first-order chi connectivity index (χ1) is 20.2. The highest BCUT2D eigenvalue weighted by molar-refractivity contribution is 5.97. The summed E-state index contributed by atoms with van der Waals surface area (Å²) in [6.45, 7) is 5.87. The molecule has 9 nitrogen and oxygen atoms in total. The molecule has 2 fully saturated rings. The topological polar surface area (TPSA) is 89.5 Å². The summed E-state index contributed by atoms with van der Waals surface area (Å²) in [4.78, 5) is 36.6. The fraction of sp³-hybridized carbons (Fsp3) is 0.567. The first kappa shape index (κ1) is 31.1. The van der Waals surface area contributed by atoms with E-state index in [2.05, 4.69) is 0 Å². The molecule has 0 aliphatic carbocycles. The fourth-order valence-corrected chi connectivity index (χ4v) is 6.37. The predicted molar refractivity (Wildman–Crippen MR) is 151 cm³/mol. The zero-order chi connectivity index (χ0) is 31.1. The van der Waals surface area contributed by atoms with E-state index in [1.807, 2.05) is 24.8 Å². The number of halogens is 4. The Morgan fingerprint density at radius 1 is 1.12 bits per heavy atom. The number of fused-ring (bicyclic) bond motifs is 1. The van der Waals surface area contributed by atoms with Crippen molar-refractivity contribution < 1.29 is 37.0 Å². The Morgan fingerprint density at radius 2 is 1.84 bits per heavy atom. The highest BCUT2D eigenvalue weighted by Crippen LogP contribution is 2.40. The van der Waals surface area contributed by atoms with Crippen LogP contribution in [0.5, 0.6) is 0 Å². The van der Waals surface area contributed by atoms with Crippen LogP contribution in [0.25, 0.3) is 0 Å². The van der Waals surface area contributed by atoms with E-state index >= 15 is 0 Å². The van der Waals surface area contributed by atoms with E-state index in [4.69, 9.17) is 9.72 Å². The highest BCUT2D eigenvalue weighted by atomic mass is 19.4. The van der Waals surface area contributed by atoms with Gasteiger partial charge in [-0.2, -0.15) is 13.2 Å². The molecule has 2 saturated heterocycles. The molecule has 4 heterocycles. The molecule has 0 saturated carbocycles. The molecule has 3 atom stereocenters. The van der Waals surface area contributed by atoms with Crippen LogP contribution in [0.2, 0.25) is 0 Å². The van der Waals surface area contributed by atoms with E-state index in [1.165, 1.54) is 21.9 Å². The molecule has 1 aromatic carbocycles. The SMILES string of the molecule is C[C@@H]1CN(CC(=O)N2CC(C)(C)c3ncc(Cc4ccc(F)cc4)cc32)[C@@H](CN2CCOCC2C(F)(F)F)CN1C(=O)O. The number of aromatic nitrogens is 1. The number of piperazine rings is 1. The van der Waals surface area contributed by atoms with E-state index in [0.717, 1.165) is 16.8 Å². The Kier molecular flexibility index (Phi) is 8.70. The molecule has 1 unspecified atom stereocenters. The van der Waals surface area contributed by atoms with Gasteiger partial charge in [-0.1, -0.05) is 26.0 Å². The molecular formula is C30H37F4N5O4. The molecule has 0 radical (unpaired) electrons. The summed E-state index contributed by atoms with van der Waals surface area (Å²) in [6.07, 6.45) is -3.38. The second-order valence-electron chi connectivity index (χ2n) is 12.4. The molecule has 43 heavy (non-hydrogen) atoms. The van der Waals surface area contributed by atoms with Crippen LogP contribution in [0.4, 0.5) is 28.0 Å². The number of benzene rings is 1. The molecule has 3 aliphatic heterocycles. The van der Waals surface area contributed by atoms with Gasteiger partial charge in [-0.05, 0) is 42.7 Å². The summed E-state index contributed by atoms with van der Waals surface area (Å²) in [5.41, 5.74) is 2.76. The zero-order valence-electron chi connectivity index (χ0n) is 24.5. The smallest absolute Gasteiger partial charge is 0.407 e. The number of hydrogen-bond acceptors (Lipinski definition) is 6. The molecular weight excluding hydrogens is 570 g/mol. The Bertz CT molecular complexity index is 1340. The van der Waals surface area contributed by atoms with E-state index in [9.17, 15) is 32.3 Å². The normalized spacial score (nSPS) is 24.7. The average Bonchev–Trinajstić information content (AvgIpc) is 3.21. The molecule has 3 aliphatic rings. The van der Waals surface area contributed by atoms with Crippen LogP contribution in [-0.2, 0) is 21.4 Å². The lowest BCUT2D eigenvalue weighted by molar-refractivity contribution is -0.214. The molecule has 13 heteroatoms. The number of nitrogens with zero attached hydrogens (tertiary/aromatic N) is 5. The number of pyridine rings is 1. The third kappa shape index (κ3) is 6.78. The molecule has 0 spiro atoms. The van der Waals surface area contributed by atoms with Gasteiger partial charge < -0.3 is 19.6 Å². The second kappa shape index (κ2) is 12.0. The van der Waals surface area contributed by atoms with Gasteiger partial charge in [0.1, 0.15) is 11.9 Å². The number of rotatable bonds is 6. The van der Waals surface area contributed by atoms with Crippen LogP contribution < -0.4 is 4.90 Å². The van der Waals surface area contributed by atoms with Crippen molar-refractivity contribution in [1.29, 1.82) is 0 Å². The summed E-state index contributed by atoms with van der Waals surface area (Å²) >= 11 is 0. The van der Waals surface area contributed by atoms with Crippen molar-refractivity contribution in [1.82, 2.24) is 19.7 Å². The van der Waals surface area contributed by atoms with E-state index in [-0.39, 0.29) is 51.1 Å². The number of ether oxygens (including phenoxy) is 1. The second-order valence-corrected chi connectivity index (χ2v) is 12.4. The van der Waals surface area contributed by atoms with Gasteiger partial charge in [0.25, 0.3) is 0 Å². The molecule has 2 amide bonds. The van der Waals surface area contributed by atoms with E-state index in [1.54, 1.807) is 30.2 Å². The number of amides is 2. The van der Waals surface area contributed by atoms with Gasteiger partial charge in [-0.25, -0.2) is 9.18 Å². The van der Waals surface area contributed by atoms with Crippen LogP contribution in [0, 0.1) is 5.82 Å². The maximum absolute atomic E-state index is 13.9. The van der Waals surface area contributed by atoms with Crippen LogP contribution in [0.3, 0.4) is 0 Å². The van der Waals surface area contributed by atoms with Crippen LogP contribution in [0.1, 0.15) is 37.6 Å². The number of anilines is 1. The third-order valence-electron chi connectivity index (χ3n) is 8.63. The van der Waals surface area contributed by atoms with Gasteiger partial charge in [0, 0.05) is 56.4 Å². The van der Waals surface area contributed by atoms with Crippen molar-refractivity contribution in [3.8, 4) is 0 Å². The minimum absolute atomic E-state index is 0.0167. The van der Waals surface area contributed by atoms with Crippen molar-refractivity contribution in [2.24, 2.45) is 0 Å². The van der Waals surface area contributed by atoms with Crippen molar-refractivity contribution in [2.45, 2.75) is 56.9 Å². The summed E-state index contributed by atoms with van der Waals surface area (Å²) in [5, 5.41) is 9.76. The monoisotopic (exact) mass is 607 g/mol. The van der Waals surface area contributed by atoms with Crippen molar-refractivity contribution in [3.63, 3.8) is 0 Å². The summed E-state index contributed by atoms with van der Waals surface area (Å²) in [5.74, 6) is -0.559. The summed E-state index contributed by atoms with van der Waals surface area (Å²) in [6, 6.07) is 5.23. The molecule has 1 aromatic heterocycles. The Labute approximate surface area is 248 Å². The van der Waals surface area contributed by atoms with Crippen LogP contribution in [0.15, 0.2) is 36.5 Å². The summed E-state index contributed by atoms with van der Waals surface area (Å²) in [7, 11) is 0. The van der Waals surface area contributed by atoms with E-state index in [0.29, 0.717) is 18.7 Å². The first-order valence-electron chi connectivity index (χ1n) is 14.4. The zero-order valence-corrected chi connectivity index (χ0v) is 24.5. The van der Waals surface area contributed by atoms with Gasteiger partial charge in [0.15, 0.2) is 0 Å². The Balaban J connectivity index is 1.37. The predicted octanol–water partition coefficient (Wildman–Crippen LogP) is 3.75. The fourth-order valence-electron chi connectivity index (χ4n) is 6.37. The highest BCUT2D eigenvalue weighted by Gasteiger charge is 2.47. The minimum atomic E-state index is -4.50. The van der Waals surface area contributed by atoms with Crippen molar-refractivity contribution in [2.75, 3.05) is 57.4 Å². The quantitative estimate of drug-likeness (QED) is 0.501. The van der Waals surface area contributed by atoms with Crippen molar-refractivity contribution >= 4 is 17.7 Å². The number of alkyl halides is 3. The number of carboxylic acid groups (broad SMARTS) is 1. The van der Waals surface area contributed by atoms with Gasteiger partial charge in [0.05, 0.1) is 31.1 Å². The van der Waals surface area contributed by atoms with Crippen molar-refractivity contribution in [3.05, 3.63) is 59.2 Å². The van der Waals surface area contributed by atoms with Gasteiger partial charge in [-0.3, -0.25) is 19.6 Å². The largest absolute Gasteiger partial charge is 0.465 e. The van der Waals surface area contributed by atoms with Gasteiger partial charge in [0.2, 0.25) is 5.91 Å². The number of carbonyl (C=O) groups excluding carboxylic acids is 1. The summed E-state index contributed by atoms with van der Waals surface area (Å²) < 4.78 is 59.9. The lowest BCUT2D eigenvalue weighted by Crippen LogP contribution is -2.65. The molecule has 5 rings (SSSR count). The van der Waals surface area contributed by atoms with E-state index < -0.39 is 42.4 Å². The maximum atomic E-state index is 13.9. The molecule has 234 valence electrons. The standard InChI is InChI=1S/C30H37F4N5O4/c1-19-13-37(23(15-38(19)28(41)42)14-36-8-9-43-17-25(36)30(32,33)34)16-26(40)39-18-29(2,3)27-24(39)11-21(12-35-27)10-20-4-6-22(31)7-5-20/h4-7,11-12,19,23,25H,8-10,13-18H2,1-3H3,(H,41,42)/t19-,23+,25?/m1/s1. The third-order valence-corrected chi connectivity index (χ3v) is 8.63. The maximum Gasteiger partial charge on any atom is 0.407 e. The van der Waals surface area contributed by atoms with Crippen LogP contribution in [-0.4, -0.2) is 114 Å². The minimum Gasteiger partial charge on any atom is -0.465 e. The average molecular weight is 608 g/mol. The number of hydrogen-bond donors (Lipinski definition) is 1. The van der Waals surface area contributed by atoms with Gasteiger partial charge in [-0.15, -0.1) is 0 Å². The molecule has 2 aromatic rings. The Hall–Kier alpha value is -3.29. The van der Waals surface area contributed by atoms with Gasteiger partial charge >= 0.3 is 12.3 Å². The lowest BCUT2D eigenvalue weighted by atomic mass is 9.91. The lowest BCUT2D eigenvalue weighted by Gasteiger charge is -2.47. The molecule has 1 N–H and O–H groups in total. The number of morpholine rings is 1. The number of carbonyl (C=O) groups is 2. The first-order valence-corrected chi connectivity index (χ1v) is 14.4. The molecule has 0 bridgehead atoms.